The van der Waals surface area contributed by atoms with Crippen molar-refractivity contribution in [2.24, 2.45) is 0 Å². The molecule has 0 aliphatic heterocycles. The summed E-state index contributed by atoms with van der Waals surface area (Å²) in [4.78, 5) is 0. The van der Waals surface area contributed by atoms with Gasteiger partial charge in [0.1, 0.15) is 0 Å². The molecule has 18 heavy (non-hydrogen) atoms. The van der Waals surface area contributed by atoms with Crippen LogP contribution in [0.5, 0.6) is 0 Å². The number of hydrogen-bond donors (Lipinski definition) is 1. The summed E-state index contributed by atoms with van der Waals surface area (Å²) in [6, 6.07) is 10.5. The lowest BCUT2D eigenvalue weighted by atomic mass is 9.70. The molecule has 0 saturated carbocycles. The first kappa shape index (κ1) is 15.2. The Kier molecular flexibility index (Phi) is 6.42. The molecule has 102 valence electrons. The molecule has 1 rings (SSSR count). The van der Waals surface area contributed by atoms with Gasteiger partial charge in [-0.1, -0.05) is 70.4 Å². The monoisotopic (exact) mass is 248 g/mol. The van der Waals surface area contributed by atoms with E-state index in [0.29, 0.717) is 0 Å². The SMILES string of the molecule is CCCCCC(O)C(CC)(CC)c1ccccc1. The van der Waals surface area contributed by atoms with Crippen molar-refractivity contribution < 1.29 is 5.11 Å². The number of unbranched alkanes of at least 4 members (excludes halogenated alkanes) is 2. The Morgan fingerprint density at radius 1 is 1.00 bits per heavy atom. The molecular formula is C17H28O. The number of hydrogen-bond acceptors (Lipinski definition) is 1. The molecule has 0 spiro atoms. The van der Waals surface area contributed by atoms with Gasteiger partial charge >= 0.3 is 0 Å². The van der Waals surface area contributed by atoms with E-state index in [0.717, 1.165) is 25.7 Å². The van der Waals surface area contributed by atoms with Crippen molar-refractivity contribution in [3.05, 3.63) is 35.9 Å². The first-order valence-corrected chi connectivity index (χ1v) is 7.44. The van der Waals surface area contributed by atoms with Gasteiger partial charge in [-0.15, -0.1) is 0 Å². The van der Waals surface area contributed by atoms with Crippen LogP contribution in [0.4, 0.5) is 0 Å². The van der Waals surface area contributed by atoms with E-state index in [2.05, 4.69) is 45.0 Å². The van der Waals surface area contributed by atoms with E-state index in [1.165, 1.54) is 18.4 Å². The molecule has 0 fully saturated rings. The smallest absolute Gasteiger partial charge is 0.0636 e. The second kappa shape index (κ2) is 7.58. The van der Waals surface area contributed by atoms with Crippen molar-refractivity contribution in [1.82, 2.24) is 0 Å². The van der Waals surface area contributed by atoms with Crippen LogP contribution >= 0.6 is 0 Å². The highest BCUT2D eigenvalue weighted by Crippen LogP contribution is 2.37. The quantitative estimate of drug-likeness (QED) is 0.662. The summed E-state index contributed by atoms with van der Waals surface area (Å²) >= 11 is 0. The van der Waals surface area contributed by atoms with E-state index in [9.17, 15) is 5.11 Å². The van der Waals surface area contributed by atoms with E-state index in [-0.39, 0.29) is 11.5 Å². The van der Waals surface area contributed by atoms with Crippen LogP contribution in [-0.2, 0) is 5.41 Å². The van der Waals surface area contributed by atoms with Gasteiger partial charge in [0.25, 0.3) is 0 Å². The molecule has 1 atom stereocenters. The average molecular weight is 248 g/mol. The fraction of sp³-hybridized carbons (Fsp3) is 0.647. The fourth-order valence-corrected chi connectivity index (χ4v) is 2.96. The third-order valence-corrected chi connectivity index (χ3v) is 4.33. The third-order valence-electron chi connectivity index (χ3n) is 4.33. The summed E-state index contributed by atoms with van der Waals surface area (Å²) < 4.78 is 0. The summed E-state index contributed by atoms with van der Waals surface area (Å²) in [6.45, 7) is 6.59. The van der Waals surface area contributed by atoms with Crippen LogP contribution in [0.1, 0.15) is 64.9 Å². The molecule has 0 amide bonds. The van der Waals surface area contributed by atoms with E-state index in [1.807, 2.05) is 6.07 Å². The molecule has 0 aliphatic rings. The van der Waals surface area contributed by atoms with Crippen molar-refractivity contribution >= 4 is 0 Å². The van der Waals surface area contributed by atoms with Gasteiger partial charge in [-0.3, -0.25) is 0 Å². The molecule has 0 aromatic heterocycles. The van der Waals surface area contributed by atoms with Gasteiger partial charge in [0.05, 0.1) is 6.10 Å². The number of aliphatic hydroxyl groups is 1. The lowest BCUT2D eigenvalue weighted by Gasteiger charge is -2.37. The third kappa shape index (κ3) is 3.35. The molecule has 1 unspecified atom stereocenters. The molecular weight excluding hydrogens is 220 g/mol. The standard InChI is InChI=1S/C17H28O/c1-4-7-9-14-16(18)17(5-2,6-3)15-12-10-8-11-13-15/h8,10-13,16,18H,4-7,9,14H2,1-3H3. The van der Waals surface area contributed by atoms with Crippen LogP contribution in [0, 0.1) is 0 Å². The summed E-state index contributed by atoms with van der Waals surface area (Å²) in [5.74, 6) is 0. The molecule has 1 aromatic rings. The largest absolute Gasteiger partial charge is 0.392 e. The second-order valence-electron chi connectivity index (χ2n) is 5.24. The van der Waals surface area contributed by atoms with E-state index in [4.69, 9.17) is 0 Å². The van der Waals surface area contributed by atoms with Crippen molar-refractivity contribution in [3.8, 4) is 0 Å². The Labute approximate surface area is 112 Å². The van der Waals surface area contributed by atoms with Crippen molar-refractivity contribution in [2.75, 3.05) is 0 Å². The summed E-state index contributed by atoms with van der Waals surface area (Å²) in [6.07, 6.45) is 6.26. The minimum atomic E-state index is -0.221. The highest BCUT2D eigenvalue weighted by Gasteiger charge is 2.35. The maximum Gasteiger partial charge on any atom is 0.0636 e. The van der Waals surface area contributed by atoms with Crippen molar-refractivity contribution in [2.45, 2.75) is 70.8 Å². The molecule has 0 aliphatic carbocycles. The molecule has 0 saturated heterocycles. The van der Waals surface area contributed by atoms with Crippen LogP contribution in [0.2, 0.25) is 0 Å². The fourth-order valence-electron chi connectivity index (χ4n) is 2.96. The minimum absolute atomic E-state index is 0.0605. The maximum atomic E-state index is 10.6. The Bertz CT molecular complexity index is 314. The minimum Gasteiger partial charge on any atom is -0.392 e. The summed E-state index contributed by atoms with van der Waals surface area (Å²) in [5.41, 5.74) is 1.23. The first-order valence-electron chi connectivity index (χ1n) is 7.44. The van der Waals surface area contributed by atoms with Gasteiger partial charge in [0.15, 0.2) is 0 Å². The number of benzene rings is 1. The molecule has 0 radical (unpaired) electrons. The predicted molar refractivity (Wildman–Crippen MR) is 78.9 cm³/mol. The first-order chi connectivity index (χ1) is 8.71. The van der Waals surface area contributed by atoms with E-state index in [1.54, 1.807) is 0 Å². The molecule has 0 bridgehead atoms. The van der Waals surface area contributed by atoms with Gasteiger partial charge in [-0.05, 0) is 24.8 Å². The lowest BCUT2D eigenvalue weighted by molar-refractivity contribution is 0.0632. The molecule has 1 heteroatoms. The zero-order valence-electron chi connectivity index (χ0n) is 12.2. The van der Waals surface area contributed by atoms with Gasteiger partial charge in [0.2, 0.25) is 0 Å². The highest BCUT2D eigenvalue weighted by atomic mass is 16.3. The average Bonchev–Trinajstić information content (AvgIpc) is 2.42. The molecule has 1 nitrogen and oxygen atoms in total. The summed E-state index contributed by atoms with van der Waals surface area (Å²) in [7, 11) is 0. The van der Waals surface area contributed by atoms with Gasteiger partial charge in [-0.25, -0.2) is 0 Å². The molecule has 0 heterocycles. The predicted octanol–water partition coefficient (Wildman–Crippen LogP) is 4.69. The Morgan fingerprint density at radius 2 is 1.61 bits per heavy atom. The van der Waals surface area contributed by atoms with E-state index >= 15 is 0 Å². The van der Waals surface area contributed by atoms with Gasteiger partial charge in [0, 0.05) is 5.41 Å². The topological polar surface area (TPSA) is 20.2 Å². The van der Waals surface area contributed by atoms with Crippen molar-refractivity contribution in [3.63, 3.8) is 0 Å². The maximum absolute atomic E-state index is 10.6. The summed E-state index contributed by atoms with van der Waals surface area (Å²) in [5, 5.41) is 10.6. The van der Waals surface area contributed by atoms with Crippen LogP contribution in [0.3, 0.4) is 0 Å². The Hall–Kier alpha value is -0.820. The lowest BCUT2D eigenvalue weighted by Crippen LogP contribution is -2.38. The molecule has 1 N–H and O–H groups in total. The van der Waals surface area contributed by atoms with Gasteiger partial charge < -0.3 is 5.11 Å². The van der Waals surface area contributed by atoms with Crippen LogP contribution in [0.15, 0.2) is 30.3 Å². The Balaban J connectivity index is 2.86. The highest BCUT2D eigenvalue weighted by molar-refractivity contribution is 5.26. The Morgan fingerprint density at radius 3 is 2.11 bits per heavy atom. The second-order valence-corrected chi connectivity index (χ2v) is 5.24. The zero-order chi connectivity index (χ0) is 13.4. The van der Waals surface area contributed by atoms with Crippen LogP contribution in [-0.4, -0.2) is 11.2 Å². The van der Waals surface area contributed by atoms with Crippen LogP contribution < -0.4 is 0 Å². The van der Waals surface area contributed by atoms with Crippen LogP contribution in [0.25, 0.3) is 0 Å². The van der Waals surface area contributed by atoms with Gasteiger partial charge in [-0.2, -0.15) is 0 Å². The van der Waals surface area contributed by atoms with E-state index < -0.39 is 0 Å². The normalized spacial score (nSPS) is 13.6. The number of aliphatic hydroxyl groups excluding tert-OH is 1. The van der Waals surface area contributed by atoms with Crippen molar-refractivity contribution in [1.29, 1.82) is 0 Å². The zero-order valence-corrected chi connectivity index (χ0v) is 12.2. The molecule has 1 aromatic carbocycles. The number of rotatable bonds is 8.